The first-order chi connectivity index (χ1) is 12.9. The van der Waals surface area contributed by atoms with E-state index in [1.807, 2.05) is 20.8 Å². The fourth-order valence-electron chi connectivity index (χ4n) is 2.33. The number of hydrogen-bond acceptors (Lipinski definition) is 7. The van der Waals surface area contributed by atoms with Gasteiger partial charge in [0.15, 0.2) is 0 Å². The highest BCUT2D eigenvalue weighted by atomic mass is 32.1. The predicted molar refractivity (Wildman–Crippen MR) is 104 cm³/mol. The minimum absolute atomic E-state index is 0.125. The molecule has 0 spiro atoms. The number of ether oxygens (including phenoxy) is 2. The van der Waals surface area contributed by atoms with Gasteiger partial charge in [-0.15, -0.1) is 10.2 Å². The quantitative estimate of drug-likeness (QED) is 0.716. The Balaban J connectivity index is 2.15. The van der Waals surface area contributed by atoms with Crippen LogP contribution in [0.2, 0.25) is 0 Å². The van der Waals surface area contributed by atoms with Crippen LogP contribution in [-0.4, -0.2) is 42.3 Å². The van der Waals surface area contributed by atoms with Crippen molar-refractivity contribution >= 4 is 28.3 Å². The van der Waals surface area contributed by atoms with Gasteiger partial charge < -0.3 is 14.8 Å². The zero-order chi connectivity index (χ0) is 20.0. The molecule has 0 bridgehead atoms. The highest BCUT2D eigenvalue weighted by Crippen LogP contribution is 2.23. The predicted octanol–water partition coefficient (Wildman–Crippen LogP) is 2.51. The third-order valence-electron chi connectivity index (χ3n) is 3.85. The molecule has 0 aliphatic rings. The van der Waals surface area contributed by atoms with E-state index in [1.54, 1.807) is 18.2 Å². The lowest BCUT2D eigenvalue weighted by Gasteiger charge is -2.21. The Hall–Kier alpha value is -2.68. The Morgan fingerprint density at radius 1 is 1.11 bits per heavy atom. The van der Waals surface area contributed by atoms with E-state index in [4.69, 9.17) is 9.47 Å². The molecular formula is C18H24N4O4S. The van der Waals surface area contributed by atoms with Gasteiger partial charge in [0.05, 0.1) is 14.2 Å². The van der Waals surface area contributed by atoms with Crippen molar-refractivity contribution in [1.82, 2.24) is 15.5 Å². The van der Waals surface area contributed by atoms with Crippen molar-refractivity contribution in [2.45, 2.75) is 33.2 Å². The maximum atomic E-state index is 12.7. The van der Waals surface area contributed by atoms with E-state index < -0.39 is 11.9 Å². The zero-order valence-corrected chi connectivity index (χ0v) is 16.8. The highest BCUT2D eigenvalue weighted by molar-refractivity contribution is 7.15. The number of aryl methyl sites for hydroxylation is 1. The van der Waals surface area contributed by atoms with Crippen molar-refractivity contribution in [3.05, 3.63) is 28.8 Å². The van der Waals surface area contributed by atoms with Crippen LogP contribution in [0.1, 0.15) is 36.1 Å². The van der Waals surface area contributed by atoms with E-state index >= 15 is 0 Å². The Bertz CT molecular complexity index is 784. The maximum Gasteiger partial charge on any atom is 0.252 e. The van der Waals surface area contributed by atoms with E-state index in [9.17, 15) is 9.59 Å². The van der Waals surface area contributed by atoms with Crippen molar-refractivity contribution < 1.29 is 19.1 Å². The maximum absolute atomic E-state index is 12.7. The monoisotopic (exact) mass is 392 g/mol. The lowest BCUT2D eigenvalue weighted by atomic mass is 10.0. The molecule has 8 nitrogen and oxygen atoms in total. The molecule has 0 fully saturated rings. The number of amides is 2. The summed E-state index contributed by atoms with van der Waals surface area (Å²) >= 11 is 1.32. The number of aromatic nitrogens is 2. The highest BCUT2D eigenvalue weighted by Gasteiger charge is 2.26. The number of hydrogen-bond donors (Lipinski definition) is 2. The zero-order valence-electron chi connectivity index (χ0n) is 16.0. The summed E-state index contributed by atoms with van der Waals surface area (Å²) in [4.78, 5) is 25.3. The number of nitrogens with one attached hydrogen (secondary N) is 2. The molecule has 0 radical (unpaired) electrons. The summed E-state index contributed by atoms with van der Waals surface area (Å²) in [6.45, 7) is 5.67. The number of carbonyl (C=O) groups is 2. The third-order valence-corrected chi connectivity index (χ3v) is 4.83. The Morgan fingerprint density at radius 3 is 2.22 bits per heavy atom. The third kappa shape index (κ3) is 5.40. The molecule has 1 heterocycles. The summed E-state index contributed by atoms with van der Waals surface area (Å²) in [5.74, 6) is 0.122. The Morgan fingerprint density at radius 2 is 1.74 bits per heavy atom. The fraction of sp³-hybridized carbons (Fsp3) is 0.444. The summed E-state index contributed by atoms with van der Waals surface area (Å²) in [5, 5.41) is 14.7. The summed E-state index contributed by atoms with van der Waals surface area (Å²) < 4.78 is 10.4. The molecule has 0 saturated carbocycles. The molecule has 0 unspecified atom stereocenters. The van der Waals surface area contributed by atoms with E-state index in [-0.39, 0.29) is 11.8 Å². The first-order valence-corrected chi connectivity index (χ1v) is 9.36. The van der Waals surface area contributed by atoms with Crippen LogP contribution >= 0.6 is 11.3 Å². The van der Waals surface area contributed by atoms with Gasteiger partial charge in [0.25, 0.3) is 5.91 Å². The molecule has 0 aliphatic carbocycles. The second kappa shape index (κ2) is 9.31. The molecule has 1 aromatic heterocycles. The number of nitrogens with zero attached hydrogens (tertiary/aromatic N) is 2. The van der Waals surface area contributed by atoms with Crippen LogP contribution in [0.15, 0.2) is 18.2 Å². The van der Waals surface area contributed by atoms with E-state index in [1.165, 1.54) is 25.6 Å². The minimum Gasteiger partial charge on any atom is -0.497 e. The van der Waals surface area contributed by atoms with Crippen molar-refractivity contribution in [3.63, 3.8) is 0 Å². The van der Waals surface area contributed by atoms with Crippen LogP contribution < -0.4 is 20.1 Å². The number of anilines is 1. The second-order valence-corrected chi connectivity index (χ2v) is 7.20. The summed E-state index contributed by atoms with van der Waals surface area (Å²) in [6.07, 6.45) is 0.746. The van der Waals surface area contributed by atoms with Gasteiger partial charge in [-0.1, -0.05) is 32.1 Å². The van der Waals surface area contributed by atoms with Crippen LogP contribution in [0, 0.1) is 5.92 Å². The van der Waals surface area contributed by atoms with E-state index in [0.717, 1.165) is 11.4 Å². The van der Waals surface area contributed by atoms with Crippen LogP contribution in [-0.2, 0) is 11.2 Å². The smallest absolute Gasteiger partial charge is 0.252 e. The summed E-state index contributed by atoms with van der Waals surface area (Å²) in [7, 11) is 3.01. The molecule has 0 aliphatic heterocycles. The van der Waals surface area contributed by atoms with Crippen molar-refractivity contribution in [3.8, 4) is 11.5 Å². The Kier molecular flexibility index (Phi) is 7.12. The van der Waals surface area contributed by atoms with E-state index in [0.29, 0.717) is 22.2 Å². The molecule has 1 atom stereocenters. The fourth-order valence-corrected chi connectivity index (χ4v) is 3.01. The van der Waals surface area contributed by atoms with Crippen molar-refractivity contribution in [2.24, 2.45) is 5.92 Å². The van der Waals surface area contributed by atoms with Crippen LogP contribution in [0.25, 0.3) is 0 Å². The van der Waals surface area contributed by atoms with Gasteiger partial charge in [-0.3, -0.25) is 14.9 Å². The van der Waals surface area contributed by atoms with Crippen LogP contribution in [0.3, 0.4) is 0 Å². The molecule has 2 amide bonds. The summed E-state index contributed by atoms with van der Waals surface area (Å²) in [5.41, 5.74) is 0.342. The topological polar surface area (TPSA) is 102 Å². The molecule has 2 rings (SSSR count). The van der Waals surface area contributed by atoms with Gasteiger partial charge in [-0.2, -0.15) is 0 Å². The molecule has 9 heteroatoms. The van der Waals surface area contributed by atoms with Gasteiger partial charge in [-0.25, -0.2) is 0 Å². The minimum atomic E-state index is -0.733. The van der Waals surface area contributed by atoms with Crippen LogP contribution in [0.4, 0.5) is 5.13 Å². The molecule has 0 saturated heterocycles. The second-order valence-electron chi connectivity index (χ2n) is 6.14. The average molecular weight is 392 g/mol. The van der Waals surface area contributed by atoms with Crippen molar-refractivity contribution in [1.29, 1.82) is 0 Å². The number of rotatable bonds is 8. The molecule has 27 heavy (non-hydrogen) atoms. The number of methoxy groups -OCH3 is 2. The van der Waals surface area contributed by atoms with Gasteiger partial charge in [0, 0.05) is 11.6 Å². The molecular weight excluding hydrogens is 368 g/mol. The van der Waals surface area contributed by atoms with Gasteiger partial charge >= 0.3 is 0 Å². The van der Waals surface area contributed by atoms with Crippen molar-refractivity contribution in [2.75, 3.05) is 19.5 Å². The lowest BCUT2D eigenvalue weighted by molar-refractivity contribution is -0.118. The molecule has 2 aromatic rings. The standard InChI is InChI=1S/C18H24N4O4S/c1-6-14-21-22-18(27-14)20-17(24)15(10(2)3)19-16(23)11-7-12(25-4)9-13(8-11)26-5/h7-10,15H,6H2,1-5H3,(H,19,23)(H,20,22,24)/t15-/m1/s1. The van der Waals surface area contributed by atoms with E-state index in [2.05, 4.69) is 20.8 Å². The SMILES string of the molecule is CCc1nnc(NC(=O)[C@H](NC(=O)c2cc(OC)cc(OC)c2)C(C)C)s1. The number of carbonyl (C=O) groups excluding carboxylic acids is 2. The van der Waals surface area contributed by atoms with Gasteiger partial charge in [0.2, 0.25) is 11.0 Å². The number of benzene rings is 1. The van der Waals surface area contributed by atoms with Gasteiger partial charge in [-0.05, 0) is 24.5 Å². The van der Waals surface area contributed by atoms with Crippen LogP contribution in [0.5, 0.6) is 11.5 Å². The Labute approximate surface area is 162 Å². The molecule has 146 valence electrons. The largest absolute Gasteiger partial charge is 0.497 e. The summed E-state index contributed by atoms with van der Waals surface area (Å²) in [6, 6.07) is 4.12. The first kappa shape index (κ1) is 20.6. The molecule has 2 N–H and O–H groups in total. The lowest BCUT2D eigenvalue weighted by Crippen LogP contribution is -2.47. The normalized spacial score (nSPS) is 11.8. The van der Waals surface area contributed by atoms with Gasteiger partial charge in [0.1, 0.15) is 22.5 Å². The first-order valence-electron chi connectivity index (χ1n) is 8.55. The molecule has 1 aromatic carbocycles. The average Bonchev–Trinajstić information content (AvgIpc) is 3.12.